The van der Waals surface area contributed by atoms with Crippen molar-refractivity contribution in [3.8, 4) is 10.6 Å². The first-order valence-corrected chi connectivity index (χ1v) is 8.71. The lowest BCUT2D eigenvalue weighted by Crippen LogP contribution is -2.56. The van der Waals surface area contributed by atoms with Crippen LogP contribution in [0.4, 0.5) is 8.78 Å². The number of hydrogen-bond acceptors (Lipinski definition) is 5. The Balaban J connectivity index is 1.74. The Morgan fingerprint density at radius 2 is 2.28 bits per heavy atom. The average Bonchev–Trinajstić information content (AvgIpc) is 3.30. The molecule has 0 aliphatic carbocycles. The van der Waals surface area contributed by atoms with E-state index in [0.717, 1.165) is 10.6 Å². The van der Waals surface area contributed by atoms with Crippen molar-refractivity contribution in [2.45, 2.75) is 12.5 Å². The van der Waals surface area contributed by atoms with Crippen molar-refractivity contribution in [1.82, 2.24) is 24.8 Å². The van der Waals surface area contributed by atoms with E-state index in [1.165, 1.54) is 11.1 Å². The summed E-state index contributed by atoms with van der Waals surface area (Å²) in [5, 5.41) is 9.12. The highest BCUT2D eigenvalue weighted by molar-refractivity contribution is 7.13. The highest BCUT2D eigenvalue weighted by Gasteiger charge is 2.35. The number of hydrogen-bond donors (Lipinski definition) is 1. The van der Waals surface area contributed by atoms with E-state index in [4.69, 9.17) is 0 Å². The van der Waals surface area contributed by atoms with Gasteiger partial charge in [-0.05, 0) is 17.5 Å². The van der Waals surface area contributed by atoms with E-state index < -0.39 is 18.4 Å². The predicted octanol–water partition coefficient (Wildman–Crippen LogP) is 2.14. The first kappa shape index (κ1) is 16.1. The summed E-state index contributed by atoms with van der Waals surface area (Å²) in [5.74, 6) is -0.461. The fourth-order valence-corrected chi connectivity index (χ4v) is 3.75. The molecule has 3 aromatic rings. The van der Waals surface area contributed by atoms with Crippen LogP contribution in [0.25, 0.3) is 16.2 Å². The van der Waals surface area contributed by atoms with E-state index in [1.54, 1.807) is 22.0 Å². The molecule has 1 amide bonds. The van der Waals surface area contributed by atoms with Gasteiger partial charge in [0, 0.05) is 25.8 Å². The summed E-state index contributed by atoms with van der Waals surface area (Å²) in [5.41, 5.74) is 1.43. The Kier molecular flexibility index (Phi) is 4.18. The van der Waals surface area contributed by atoms with Crippen molar-refractivity contribution in [1.29, 1.82) is 0 Å². The molecule has 4 heterocycles. The van der Waals surface area contributed by atoms with Gasteiger partial charge in [0.15, 0.2) is 5.65 Å². The van der Waals surface area contributed by atoms with Gasteiger partial charge in [-0.3, -0.25) is 4.79 Å². The van der Waals surface area contributed by atoms with Crippen LogP contribution in [0.3, 0.4) is 0 Å². The summed E-state index contributed by atoms with van der Waals surface area (Å²) in [6.07, 6.45) is 0.408. The van der Waals surface area contributed by atoms with Crippen LogP contribution in [-0.4, -0.2) is 57.5 Å². The van der Waals surface area contributed by atoms with Crippen molar-refractivity contribution in [2.75, 3.05) is 19.6 Å². The minimum absolute atomic E-state index is 0.0799. The molecule has 1 unspecified atom stereocenters. The molecule has 1 fully saturated rings. The number of halogens is 2. The minimum atomic E-state index is -2.60. The van der Waals surface area contributed by atoms with Crippen LogP contribution in [0.2, 0.25) is 0 Å². The highest BCUT2D eigenvalue weighted by Crippen LogP contribution is 2.26. The van der Waals surface area contributed by atoms with Gasteiger partial charge >= 0.3 is 0 Å². The molecular formula is C16H15F2N5OS. The Morgan fingerprint density at radius 1 is 1.40 bits per heavy atom. The molecule has 0 aromatic carbocycles. The largest absolute Gasteiger partial charge is 0.327 e. The maximum Gasteiger partial charge on any atom is 0.259 e. The van der Waals surface area contributed by atoms with Crippen molar-refractivity contribution >= 4 is 22.9 Å². The quantitative estimate of drug-likeness (QED) is 0.774. The van der Waals surface area contributed by atoms with Gasteiger partial charge in [0.2, 0.25) is 0 Å². The summed E-state index contributed by atoms with van der Waals surface area (Å²) >= 11 is 1.55. The maximum atomic E-state index is 13.3. The topological polar surface area (TPSA) is 62.5 Å². The van der Waals surface area contributed by atoms with E-state index in [2.05, 4.69) is 15.4 Å². The predicted molar refractivity (Wildman–Crippen MR) is 90.0 cm³/mol. The van der Waals surface area contributed by atoms with Crippen LogP contribution >= 0.6 is 11.3 Å². The number of rotatable bonds is 3. The lowest BCUT2D eigenvalue weighted by molar-refractivity contribution is 0.0127. The SMILES string of the molecule is O=C(c1cnn2c(-c3cccs3)ccnc12)N1CCNCC1C(F)F. The van der Waals surface area contributed by atoms with E-state index in [1.807, 2.05) is 23.6 Å². The van der Waals surface area contributed by atoms with Crippen LogP contribution in [0, 0.1) is 0 Å². The monoisotopic (exact) mass is 363 g/mol. The molecule has 1 saturated heterocycles. The molecule has 1 atom stereocenters. The zero-order chi connectivity index (χ0) is 17.4. The molecule has 0 radical (unpaired) electrons. The van der Waals surface area contributed by atoms with Crippen molar-refractivity contribution in [3.63, 3.8) is 0 Å². The highest BCUT2D eigenvalue weighted by atomic mass is 32.1. The Labute approximate surface area is 146 Å². The number of carbonyl (C=O) groups is 1. The third kappa shape index (κ3) is 2.79. The summed E-state index contributed by atoms with van der Waals surface area (Å²) in [6, 6.07) is 4.55. The van der Waals surface area contributed by atoms with E-state index in [9.17, 15) is 13.6 Å². The first-order chi connectivity index (χ1) is 12.2. The summed E-state index contributed by atoms with van der Waals surface area (Å²) in [6.45, 7) is 0.800. The normalized spacial score (nSPS) is 18.2. The summed E-state index contributed by atoms with van der Waals surface area (Å²) < 4.78 is 28.1. The van der Waals surface area contributed by atoms with Crippen LogP contribution in [0.15, 0.2) is 36.0 Å². The molecule has 0 saturated carbocycles. The van der Waals surface area contributed by atoms with Crippen LogP contribution in [-0.2, 0) is 0 Å². The Hall–Kier alpha value is -2.39. The summed E-state index contributed by atoms with van der Waals surface area (Å²) in [7, 11) is 0. The van der Waals surface area contributed by atoms with E-state index in [0.29, 0.717) is 12.2 Å². The number of piperazine rings is 1. The first-order valence-electron chi connectivity index (χ1n) is 7.83. The smallest absolute Gasteiger partial charge is 0.259 e. The lowest BCUT2D eigenvalue weighted by atomic mass is 10.1. The van der Waals surface area contributed by atoms with Gasteiger partial charge in [-0.15, -0.1) is 11.3 Å². The average molecular weight is 363 g/mol. The molecule has 1 aliphatic heterocycles. The number of nitrogens with one attached hydrogen (secondary N) is 1. The van der Waals surface area contributed by atoms with Crippen LogP contribution < -0.4 is 5.32 Å². The zero-order valence-electron chi connectivity index (χ0n) is 13.1. The number of aromatic nitrogens is 3. The number of fused-ring (bicyclic) bond motifs is 1. The third-order valence-electron chi connectivity index (χ3n) is 4.24. The van der Waals surface area contributed by atoms with Crippen molar-refractivity contribution in [3.05, 3.63) is 41.5 Å². The second-order valence-electron chi connectivity index (χ2n) is 5.71. The fourth-order valence-electron chi connectivity index (χ4n) is 3.01. The summed E-state index contributed by atoms with van der Waals surface area (Å²) in [4.78, 5) is 19.3. The minimum Gasteiger partial charge on any atom is -0.327 e. The third-order valence-corrected chi connectivity index (χ3v) is 5.13. The van der Waals surface area contributed by atoms with Crippen LogP contribution in [0.1, 0.15) is 10.4 Å². The van der Waals surface area contributed by atoms with Gasteiger partial charge in [0.1, 0.15) is 11.6 Å². The lowest BCUT2D eigenvalue weighted by Gasteiger charge is -2.35. The van der Waals surface area contributed by atoms with Gasteiger partial charge in [-0.2, -0.15) is 5.10 Å². The van der Waals surface area contributed by atoms with Gasteiger partial charge in [-0.1, -0.05) is 6.07 Å². The van der Waals surface area contributed by atoms with Crippen molar-refractivity contribution < 1.29 is 13.6 Å². The van der Waals surface area contributed by atoms with Gasteiger partial charge < -0.3 is 10.2 Å². The zero-order valence-corrected chi connectivity index (χ0v) is 13.9. The van der Waals surface area contributed by atoms with E-state index in [-0.39, 0.29) is 18.7 Å². The van der Waals surface area contributed by atoms with Gasteiger partial charge in [-0.25, -0.2) is 18.3 Å². The molecule has 4 rings (SSSR count). The molecule has 0 spiro atoms. The fraction of sp³-hybridized carbons (Fsp3) is 0.312. The molecule has 130 valence electrons. The van der Waals surface area contributed by atoms with Crippen LogP contribution in [0.5, 0.6) is 0 Å². The standard InChI is InChI=1S/C16H15F2N5OS/c17-14(18)12-9-19-5-6-22(12)16(24)10-8-21-23-11(3-4-20-15(10)23)13-2-1-7-25-13/h1-4,7-8,12,14,19H,5-6,9H2. The molecule has 1 N–H and O–H groups in total. The molecular weight excluding hydrogens is 348 g/mol. The second-order valence-corrected chi connectivity index (χ2v) is 6.65. The molecule has 9 heteroatoms. The number of alkyl halides is 2. The number of nitrogens with zero attached hydrogens (tertiary/aromatic N) is 4. The Bertz CT molecular complexity index is 895. The Morgan fingerprint density at radius 3 is 3.04 bits per heavy atom. The molecule has 1 aliphatic rings. The number of amides is 1. The van der Waals surface area contributed by atoms with Gasteiger partial charge in [0.25, 0.3) is 12.3 Å². The molecule has 25 heavy (non-hydrogen) atoms. The molecule has 3 aromatic heterocycles. The molecule has 6 nitrogen and oxygen atoms in total. The molecule has 0 bridgehead atoms. The van der Waals surface area contributed by atoms with Crippen molar-refractivity contribution in [2.24, 2.45) is 0 Å². The van der Waals surface area contributed by atoms with Gasteiger partial charge in [0.05, 0.1) is 16.8 Å². The second kappa shape index (κ2) is 6.49. The van der Waals surface area contributed by atoms with E-state index >= 15 is 0 Å². The number of carbonyl (C=O) groups excluding carboxylic acids is 1. The number of thiophene rings is 1. The maximum absolute atomic E-state index is 13.3.